The van der Waals surface area contributed by atoms with E-state index >= 15 is 0 Å². The average molecular weight is 378 g/mol. The monoisotopic (exact) mass is 378 g/mol. The van der Waals surface area contributed by atoms with Crippen molar-refractivity contribution in [1.82, 2.24) is 15.2 Å². The Labute approximate surface area is 153 Å². The number of carboxylic acids is 1. The molecule has 7 nitrogen and oxygen atoms in total. The van der Waals surface area contributed by atoms with Gasteiger partial charge in [0.2, 0.25) is 0 Å². The van der Waals surface area contributed by atoms with E-state index < -0.39 is 18.1 Å². The molecule has 1 aromatic heterocycles. The number of aliphatic carboxylic acids is 1. The molecule has 1 fully saturated rings. The molecule has 2 N–H and O–H groups in total. The number of rotatable bonds is 6. The van der Waals surface area contributed by atoms with Crippen LogP contribution in [0.25, 0.3) is 0 Å². The number of aliphatic imine (C=N–C) groups is 1. The van der Waals surface area contributed by atoms with E-state index in [1.54, 1.807) is 6.20 Å². The number of aromatic nitrogens is 1. The van der Waals surface area contributed by atoms with Gasteiger partial charge in [-0.05, 0) is 13.0 Å². The van der Waals surface area contributed by atoms with Gasteiger partial charge in [-0.2, -0.15) is 0 Å². The van der Waals surface area contributed by atoms with Gasteiger partial charge >= 0.3 is 5.97 Å². The van der Waals surface area contributed by atoms with E-state index in [-0.39, 0.29) is 13.1 Å². The lowest BCUT2D eigenvalue weighted by Gasteiger charge is -2.34. The number of alkyl halides is 1. The zero-order valence-electron chi connectivity index (χ0n) is 14.0. The summed E-state index contributed by atoms with van der Waals surface area (Å²) in [5, 5.41) is 14.4. The molecule has 138 valence electrons. The number of carbonyl (C=O) groups is 2. The predicted molar refractivity (Wildman–Crippen MR) is 96.0 cm³/mol. The first-order valence-electron chi connectivity index (χ1n) is 8.23. The minimum atomic E-state index is -1.14. The number of aldehydes is 1. The normalized spacial score (nSPS) is 24.4. The van der Waals surface area contributed by atoms with Crippen molar-refractivity contribution in [2.24, 2.45) is 10.9 Å². The molecule has 2 unspecified atom stereocenters. The van der Waals surface area contributed by atoms with E-state index in [0.29, 0.717) is 36.6 Å². The van der Waals surface area contributed by atoms with Gasteiger partial charge in [0.1, 0.15) is 12.5 Å². The number of allylic oxidation sites excluding steroid dienone is 1. The number of likely N-dealkylation sites (tertiary alicyclic amines) is 1. The Balaban J connectivity index is 1.63. The molecule has 9 heteroatoms. The highest BCUT2D eigenvalue weighted by molar-refractivity contribution is 7.11. The zero-order chi connectivity index (χ0) is 18.5. The number of carboxylic acid groups (broad SMARTS) is 1. The molecule has 2 aliphatic rings. The van der Waals surface area contributed by atoms with E-state index in [1.807, 2.05) is 10.3 Å². The number of carbonyl (C=O) groups excluding carboxylic acids is 1. The van der Waals surface area contributed by atoms with Crippen LogP contribution in [0, 0.1) is 5.92 Å². The third-order valence-electron chi connectivity index (χ3n) is 4.39. The van der Waals surface area contributed by atoms with E-state index in [0.717, 1.165) is 17.4 Å². The van der Waals surface area contributed by atoms with Gasteiger partial charge in [-0.25, -0.2) is 14.2 Å². The third kappa shape index (κ3) is 4.41. The molecule has 2 atom stereocenters. The standard InChI is InChI=1S/C17H19FN4O3S/c18-13-8-22(5-3-11(13)1-2-15(24)25)9-14-12(10-23)7-20-16(21-14)17-19-4-6-26-17/h1-2,4,6,10-11,13H,3,5,7-9H2,(H,20,21)(H,24,25)/b2-1+. The van der Waals surface area contributed by atoms with Crippen LogP contribution >= 0.6 is 11.3 Å². The Bertz CT molecular complexity index is 760. The second-order valence-electron chi connectivity index (χ2n) is 6.15. The molecular formula is C17H19FN4O3S. The molecule has 2 aliphatic heterocycles. The van der Waals surface area contributed by atoms with Gasteiger partial charge in [0.15, 0.2) is 10.8 Å². The average Bonchev–Trinajstić information content (AvgIpc) is 3.15. The maximum Gasteiger partial charge on any atom is 0.327 e. The highest BCUT2D eigenvalue weighted by Gasteiger charge is 2.29. The first-order chi connectivity index (χ1) is 12.6. The SMILES string of the molecule is O=CC1=C(CN2CCC(/C=C/C(=O)O)C(F)C2)NC(c2nccs2)=NC1. The predicted octanol–water partition coefficient (Wildman–Crippen LogP) is 1.25. The number of nitrogens with one attached hydrogen (secondary N) is 1. The highest BCUT2D eigenvalue weighted by atomic mass is 32.1. The molecule has 0 spiro atoms. The number of amidine groups is 1. The van der Waals surface area contributed by atoms with Crippen molar-refractivity contribution in [2.75, 3.05) is 26.2 Å². The Morgan fingerprint density at radius 3 is 3.04 bits per heavy atom. The summed E-state index contributed by atoms with van der Waals surface area (Å²) in [5.41, 5.74) is 1.26. The van der Waals surface area contributed by atoms with E-state index in [4.69, 9.17) is 5.11 Å². The fourth-order valence-electron chi connectivity index (χ4n) is 3.01. The lowest BCUT2D eigenvalue weighted by Crippen LogP contribution is -2.45. The summed E-state index contributed by atoms with van der Waals surface area (Å²) in [7, 11) is 0. The molecule has 1 saturated heterocycles. The largest absolute Gasteiger partial charge is 0.478 e. The highest BCUT2D eigenvalue weighted by Crippen LogP contribution is 2.23. The number of thiazole rings is 1. The molecule has 0 saturated carbocycles. The van der Waals surface area contributed by atoms with Crippen LogP contribution in [0.2, 0.25) is 0 Å². The summed E-state index contributed by atoms with van der Waals surface area (Å²) in [4.78, 5) is 32.4. The van der Waals surface area contributed by atoms with Gasteiger partial charge in [0.25, 0.3) is 0 Å². The smallest absolute Gasteiger partial charge is 0.327 e. The molecule has 26 heavy (non-hydrogen) atoms. The maximum atomic E-state index is 14.4. The van der Waals surface area contributed by atoms with Crippen LogP contribution in [0.1, 0.15) is 11.4 Å². The Morgan fingerprint density at radius 1 is 1.54 bits per heavy atom. The van der Waals surface area contributed by atoms with Crippen molar-refractivity contribution in [3.8, 4) is 0 Å². The molecule has 0 aliphatic carbocycles. The Hall–Kier alpha value is -2.39. The minimum Gasteiger partial charge on any atom is -0.478 e. The van der Waals surface area contributed by atoms with Gasteiger partial charge in [0, 0.05) is 47.9 Å². The van der Waals surface area contributed by atoms with E-state index in [9.17, 15) is 14.0 Å². The van der Waals surface area contributed by atoms with E-state index in [1.165, 1.54) is 17.4 Å². The quantitative estimate of drug-likeness (QED) is 0.571. The van der Waals surface area contributed by atoms with Gasteiger partial charge < -0.3 is 10.4 Å². The Kier molecular flexibility index (Phi) is 5.89. The van der Waals surface area contributed by atoms with Crippen molar-refractivity contribution < 1.29 is 19.1 Å². The van der Waals surface area contributed by atoms with Crippen molar-refractivity contribution in [2.45, 2.75) is 12.6 Å². The summed E-state index contributed by atoms with van der Waals surface area (Å²) in [6.45, 7) is 1.50. The summed E-state index contributed by atoms with van der Waals surface area (Å²) < 4.78 is 14.4. The summed E-state index contributed by atoms with van der Waals surface area (Å²) >= 11 is 1.45. The van der Waals surface area contributed by atoms with Gasteiger partial charge in [-0.1, -0.05) is 6.08 Å². The number of hydrogen-bond donors (Lipinski definition) is 2. The van der Waals surface area contributed by atoms with Crippen LogP contribution in [-0.4, -0.2) is 65.4 Å². The van der Waals surface area contributed by atoms with Crippen LogP contribution < -0.4 is 5.32 Å². The van der Waals surface area contributed by atoms with Crippen LogP contribution in [0.15, 0.2) is 40.0 Å². The first kappa shape index (κ1) is 18.4. The second kappa shape index (κ2) is 8.33. The van der Waals surface area contributed by atoms with Crippen LogP contribution in [0.5, 0.6) is 0 Å². The molecule has 3 rings (SSSR count). The van der Waals surface area contributed by atoms with Gasteiger partial charge in [-0.15, -0.1) is 11.3 Å². The Morgan fingerprint density at radius 2 is 2.38 bits per heavy atom. The molecule has 0 bridgehead atoms. The molecule has 0 amide bonds. The third-order valence-corrected chi connectivity index (χ3v) is 5.16. The van der Waals surface area contributed by atoms with Crippen molar-refractivity contribution >= 4 is 29.4 Å². The molecule has 0 aromatic carbocycles. The first-order valence-corrected chi connectivity index (χ1v) is 9.11. The number of halogens is 1. The lowest BCUT2D eigenvalue weighted by atomic mass is 9.94. The van der Waals surface area contributed by atoms with Crippen molar-refractivity contribution in [1.29, 1.82) is 0 Å². The molecule has 0 radical (unpaired) electrons. The van der Waals surface area contributed by atoms with Crippen LogP contribution in [-0.2, 0) is 9.59 Å². The zero-order valence-corrected chi connectivity index (χ0v) is 14.8. The van der Waals surface area contributed by atoms with Crippen LogP contribution in [0.4, 0.5) is 4.39 Å². The molecule has 1 aromatic rings. The summed E-state index contributed by atoms with van der Waals surface area (Å²) in [5.74, 6) is -0.842. The van der Waals surface area contributed by atoms with Gasteiger partial charge in [0.05, 0.1) is 6.54 Å². The fraction of sp³-hybridized carbons (Fsp3) is 0.412. The topological polar surface area (TPSA) is 94.9 Å². The second-order valence-corrected chi connectivity index (χ2v) is 7.04. The number of piperidine rings is 1. The van der Waals surface area contributed by atoms with Crippen molar-refractivity contribution in [3.05, 3.63) is 40.0 Å². The summed E-state index contributed by atoms with van der Waals surface area (Å²) in [6.07, 6.45) is 4.27. The lowest BCUT2D eigenvalue weighted by molar-refractivity contribution is -0.131. The number of hydrogen-bond acceptors (Lipinski definition) is 7. The summed E-state index contributed by atoms with van der Waals surface area (Å²) in [6, 6.07) is 0. The van der Waals surface area contributed by atoms with Crippen LogP contribution in [0.3, 0.4) is 0 Å². The van der Waals surface area contributed by atoms with E-state index in [2.05, 4.69) is 15.3 Å². The minimum absolute atomic E-state index is 0.190. The van der Waals surface area contributed by atoms with Gasteiger partial charge in [-0.3, -0.25) is 14.7 Å². The molecular weight excluding hydrogens is 359 g/mol. The fourth-order valence-corrected chi connectivity index (χ4v) is 3.61. The number of nitrogens with zero attached hydrogens (tertiary/aromatic N) is 3. The molecule has 3 heterocycles. The maximum absolute atomic E-state index is 14.4. The van der Waals surface area contributed by atoms with Crippen molar-refractivity contribution in [3.63, 3.8) is 0 Å².